The Bertz CT molecular complexity index is 1030. The van der Waals surface area contributed by atoms with Crippen molar-refractivity contribution in [2.45, 2.75) is 20.3 Å². The lowest BCUT2D eigenvalue weighted by molar-refractivity contribution is 0.731. The fourth-order valence-corrected chi connectivity index (χ4v) is 3.75. The maximum atomic E-state index is 5.94. The maximum absolute atomic E-state index is 5.94. The summed E-state index contributed by atoms with van der Waals surface area (Å²) in [7, 11) is 1.93. The van der Waals surface area contributed by atoms with Crippen LogP contribution in [0.3, 0.4) is 0 Å². The lowest BCUT2D eigenvalue weighted by Crippen LogP contribution is -1.96. The summed E-state index contributed by atoms with van der Waals surface area (Å²) in [5.41, 5.74) is 4.14. The van der Waals surface area contributed by atoms with Crippen LogP contribution in [0, 0.1) is 13.8 Å². The molecular weight excluding hydrogens is 344 g/mol. The molecule has 4 aromatic rings. The summed E-state index contributed by atoms with van der Waals surface area (Å²) < 4.78 is 3.67. The van der Waals surface area contributed by atoms with Crippen LogP contribution < -0.4 is 0 Å². The first kappa shape index (κ1) is 15.3. The fourth-order valence-electron chi connectivity index (χ4n) is 2.76. The molecule has 4 rings (SSSR count). The normalized spacial score (nSPS) is 11.5. The Labute approximate surface area is 147 Å². The van der Waals surface area contributed by atoms with E-state index in [-0.39, 0.29) is 0 Å². The van der Waals surface area contributed by atoms with Crippen LogP contribution in [0.1, 0.15) is 22.0 Å². The van der Waals surface area contributed by atoms with E-state index in [9.17, 15) is 0 Å². The number of halogens is 1. The molecule has 0 amide bonds. The second-order valence-corrected chi connectivity index (χ2v) is 7.16. The Hall–Kier alpha value is -2.25. The molecule has 3 heterocycles. The van der Waals surface area contributed by atoms with Gasteiger partial charge in [-0.1, -0.05) is 35.1 Å². The highest BCUT2D eigenvalue weighted by atomic mass is 35.5. The maximum Gasteiger partial charge on any atom is 0.234 e. The average molecular weight is 359 g/mol. The van der Waals surface area contributed by atoms with Gasteiger partial charge in [0.15, 0.2) is 5.82 Å². The summed E-state index contributed by atoms with van der Waals surface area (Å²) in [5, 5.41) is 19.5. The minimum absolute atomic E-state index is 0.738. The van der Waals surface area contributed by atoms with Crippen LogP contribution in [-0.4, -0.2) is 29.6 Å². The van der Waals surface area contributed by atoms with Gasteiger partial charge in [0.25, 0.3) is 0 Å². The highest BCUT2D eigenvalue weighted by molar-refractivity contribution is 7.16. The summed E-state index contributed by atoms with van der Waals surface area (Å²) in [6.45, 7) is 4.00. The van der Waals surface area contributed by atoms with E-state index >= 15 is 0 Å². The lowest BCUT2D eigenvalue weighted by atomic mass is 10.2. The van der Waals surface area contributed by atoms with Crippen molar-refractivity contribution in [3.63, 3.8) is 0 Å². The van der Waals surface area contributed by atoms with E-state index in [0.717, 1.165) is 44.2 Å². The number of fused-ring (bicyclic) bond motifs is 1. The number of aromatic nitrogens is 6. The van der Waals surface area contributed by atoms with E-state index in [0.29, 0.717) is 0 Å². The summed E-state index contributed by atoms with van der Waals surface area (Å²) in [5.74, 6) is 0.742. The van der Waals surface area contributed by atoms with Crippen molar-refractivity contribution in [3.8, 4) is 11.4 Å². The summed E-state index contributed by atoms with van der Waals surface area (Å²) >= 11 is 7.49. The van der Waals surface area contributed by atoms with E-state index in [2.05, 4.69) is 15.3 Å². The molecule has 0 aliphatic rings. The first-order valence-electron chi connectivity index (χ1n) is 7.49. The summed E-state index contributed by atoms with van der Waals surface area (Å²) in [6, 6.07) is 7.82. The van der Waals surface area contributed by atoms with Crippen LogP contribution in [0.2, 0.25) is 5.02 Å². The van der Waals surface area contributed by atoms with Crippen molar-refractivity contribution < 1.29 is 0 Å². The minimum Gasteiger partial charge on any atom is -0.272 e. The summed E-state index contributed by atoms with van der Waals surface area (Å²) in [6.07, 6.45) is 0.746. The molecule has 3 aromatic heterocycles. The van der Waals surface area contributed by atoms with Crippen LogP contribution in [0.5, 0.6) is 0 Å². The highest BCUT2D eigenvalue weighted by Crippen LogP contribution is 2.27. The Balaban J connectivity index is 1.75. The zero-order valence-corrected chi connectivity index (χ0v) is 15.1. The van der Waals surface area contributed by atoms with Gasteiger partial charge in [-0.3, -0.25) is 4.68 Å². The molecule has 0 fully saturated rings. The van der Waals surface area contributed by atoms with Gasteiger partial charge in [0, 0.05) is 24.2 Å². The van der Waals surface area contributed by atoms with Crippen molar-refractivity contribution in [1.82, 2.24) is 29.6 Å². The van der Waals surface area contributed by atoms with Crippen molar-refractivity contribution >= 4 is 27.9 Å². The fraction of sp³-hybridized carbons (Fsp3) is 0.250. The van der Waals surface area contributed by atoms with E-state index in [1.807, 2.05) is 54.4 Å². The second kappa shape index (κ2) is 5.68. The van der Waals surface area contributed by atoms with Gasteiger partial charge in [0.1, 0.15) is 5.01 Å². The third-order valence-corrected chi connectivity index (χ3v) is 5.18. The number of benzene rings is 1. The minimum atomic E-state index is 0.738. The van der Waals surface area contributed by atoms with Gasteiger partial charge in [0.2, 0.25) is 4.96 Å². The predicted molar refractivity (Wildman–Crippen MR) is 94.6 cm³/mol. The Kier molecular flexibility index (Phi) is 3.62. The zero-order valence-electron chi connectivity index (χ0n) is 13.5. The van der Waals surface area contributed by atoms with Gasteiger partial charge in [-0.25, -0.2) is 0 Å². The van der Waals surface area contributed by atoms with E-state index in [1.165, 1.54) is 5.56 Å². The predicted octanol–water partition coefficient (Wildman–Crippen LogP) is 3.45. The molecule has 0 spiro atoms. The first-order valence-corrected chi connectivity index (χ1v) is 8.68. The van der Waals surface area contributed by atoms with Crippen molar-refractivity contribution in [3.05, 3.63) is 51.2 Å². The summed E-state index contributed by atoms with van der Waals surface area (Å²) in [4.78, 5) is 0.789. The number of aryl methyl sites for hydroxylation is 2. The molecule has 0 N–H and O–H groups in total. The quantitative estimate of drug-likeness (QED) is 0.562. The monoisotopic (exact) mass is 358 g/mol. The zero-order chi connectivity index (χ0) is 16.8. The van der Waals surface area contributed by atoms with Crippen LogP contribution >= 0.6 is 22.9 Å². The highest BCUT2D eigenvalue weighted by Gasteiger charge is 2.20. The average Bonchev–Trinajstić information content (AvgIpc) is 3.17. The molecule has 0 aliphatic carbocycles. The van der Waals surface area contributed by atoms with E-state index < -0.39 is 0 Å². The smallest absolute Gasteiger partial charge is 0.234 e. The molecule has 6 nitrogen and oxygen atoms in total. The molecular formula is C16H15ClN6S. The van der Waals surface area contributed by atoms with Gasteiger partial charge in [-0.15, -0.1) is 10.2 Å². The van der Waals surface area contributed by atoms with E-state index in [1.54, 1.807) is 11.3 Å². The van der Waals surface area contributed by atoms with Gasteiger partial charge in [0.05, 0.1) is 11.3 Å². The molecule has 24 heavy (non-hydrogen) atoms. The number of nitrogens with zero attached hydrogens (tertiary/aromatic N) is 6. The largest absolute Gasteiger partial charge is 0.272 e. The van der Waals surface area contributed by atoms with Crippen LogP contribution in [0.4, 0.5) is 0 Å². The Morgan fingerprint density at radius 1 is 1.08 bits per heavy atom. The van der Waals surface area contributed by atoms with Gasteiger partial charge in [-0.05, 0) is 31.5 Å². The molecule has 1 aromatic carbocycles. The van der Waals surface area contributed by atoms with Crippen molar-refractivity contribution in [1.29, 1.82) is 0 Å². The van der Waals surface area contributed by atoms with Gasteiger partial charge >= 0.3 is 0 Å². The molecule has 0 unspecified atom stereocenters. The molecule has 8 heteroatoms. The molecule has 0 radical (unpaired) electrons. The SMILES string of the molecule is Cc1nn(C)c(C)c1-c1nnc2sc(Cc3ccc(Cl)cc3)nn12. The van der Waals surface area contributed by atoms with Crippen molar-refractivity contribution in [2.24, 2.45) is 7.05 Å². The van der Waals surface area contributed by atoms with E-state index in [4.69, 9.17) is 16.7 Å². The van der Waals surface area contributed by atoms with Crippen molar-refractivity contribution in [2.75, 3.05) is 0 Å². The Morgan fingerprint density at radius 3 is 2.50 bits per heavy atom. The third-order valence-electron chi connectivity index (χ3n) is 4.03. The standard InChI is InChI=1S/C16H15ClN6S/c1-9-14(10(2)22(3)20-9)15-18-19-16-23(15)21-13(24-16)8-11-4-6-12(17)7-5-11/h4-7H,8H2,1-3H3. The topological polar surface area (TPSA) is 60.9 Å². The third kappa shape index (κ3) is 2.50. The van der Waals surface area contributed by atoms with Gasteiger partial charge < -0.3 is 0 Å². The van der Waals surface area contributed by atoms with Crippen LogP contribution in [0.25, 0.3) is 16.3 Å². The molecule has 122 valence electrons. The number of hydrogen-bond acceptors (Lipinski definition) is 5. The first-order chi connectivity index (χ1) is 11.5. The van der Waals surface area contributed by atoms with Gasteiger partial charge in [-0.2, -0.15) is 14.7 Å². The lowest BCUT2D eigenvalue weighted by Gasteiger charge is -1.99. The van der Waals surface area contributed by atoms with Crippen LogP contribution in [0.15, 0.2) is 24.3 Å². The number of hydrogen-bond donors (Lipinski definition) is 0. The number of rotatable bonds is 3. The molecule has 0 atom stereocenters. The second-order valence-electron chi connectivity index (χ2n) is 5.69. The van der Waals surface area contributed by atoms with Crippen LogP contribution in [-0.2, 0) is 13.5 Å². The Morgan fingerprint density at radius 2 is 1.83 bits per heavy atom. The molecule has 0 aliphatic heterocycles. The molecule has 0 bridgehead atoms. The molecule has 0 saturated carbocycles. The molecule has 0 saturated heterocycles.